The van der Waals surface area contributed by atoms with Gasteiger partial charge < -0.3 is 20.4 Å². The van der Waals surface area contributed by atoms with Crippen molar-refractivity contribution in [3.8, 4) is 0 Å². The number of hydrogen-bond donors (Lipinski definition) is 3. The van der Waals surface area contributed by atoms with Crippen LogP contribution in [0.25, 0.3) is 11.0 Å². The van der Waals surface area contributed by atoms with Crippen molar-refractivity contribution in [3.05, 3.63) is 65.5 Å². The molecule has 0 fully saturated rings. The third-order valence-electron chi connectivity index (χ3n) is 3.65. The molecule has 128 valence electrons. The Hall–Kier alpha value is -3.35. The van der Waals surface area contributed by atoms with Crippen LogP contribution < -0.4 is 10.6 Å². The van der Waals surface area contributed by atoms with E-state index < -0.39 is 6.09 Å². The molecule has 1 heterocycles. The van der Waals surface area contributed by atoms with Gasteiger partial charge in [0.25, 0.3) is 5.91 Å². The first kappa shape index (κ1) is 16.5. The minimum Gasteiger partial charge on any atom is -0.445 e. The second-order valence-corrected chi connectivity index (χ2v) is 5.41. The fourth-order valence-electron chi connectivity index (χ4n) is 2.34. The number of aromatic nitrogens is 2. The van der Waals surface area contributed by atoms with Crippen molar-refractivity contribution in [1.29, 1.82) is 0 Å². The number of imidazole rings is 1. The molecule has 2 aromatic carbocycles. The molecule has 7 nitrogen and oxygen atoms in total. The number of carbonyl (C=O) groups is 2. The summed E-state index contributed by atoms with van der Waals surface area (Å²) in [6.45, 7) is 0.378. The van der Waals surface area contributed by atoms with Gasteiger partial charge in [0.2, 0.25) is 0 Å². The summed E-state index contributed by atoms with van der Waals surface area (Å²) in [6, 6.07) is 14.5. The lowest BCUT2D eigenvalue weighted by Gasteiger charge is -2.06. The van der Waals surface area contributed by atoms with Crippen LogP contribution in [0.4, 0.5) is 4.79 Å². The smallest absolute Gasteiger partial charge is 0.407 e. The average molecular weight is 338 g/mol. The van der Waals surface area contributed by atoms with Gasteiger partial charge in [-0.05, 0) is 29.8 Å². The van der Waals surface area contributed by atoms with Crippen LogP contribution in [-0.4, -0.2) is 29.0 Å². The Kier molecular flexibility index (Phi) is 4.94. The molecule has 25 heavy (non-hydrogen) atoms. The van der Waals surface area contributed by atoms with Gasteiger partial charge in [-0.1, -0.05) is 24.3 Å². The maximum atomic E-state index is 11.8. The molecule has 0 atom stereocenters. The van der Waals surface area contributed by atoms with E-state index in [4.69, 9.17) is 4.74 Å². The normalized spacial score (nSPS) is 10.4. The second kappa shape index (κ2) is 7.48. The number of H-pyrrole nitrogens is 1. The number of hydrogen-bond acceptors (Lipinski definition) is 4. The van der Waals surface area contributed by atoms with Gasteiger partial charge in [0.15, 0.2) is 0 Å². The highest BCUT2D eigenvalue weighted by Gasteiger charge is 2.07. The molecule has 3 N–H and O–H groups in total. The number of benzene rings is 2. The van der Waals surface area contributed by atoms with Gasteiger partial charge in [0.05, 0.1) is 17.6 Å². The van der Waals surface area contributed by atoms with Crippen LogP contribution in [0.3, 0.4) is 0 Å². The number of aromatic amines is 1. The van der Waals surface area contributed by atoms with E-state index in [9.17, 15) is 9.59 Å². The minimum atomic E-state index is -0.532. The molecule has 3 aromatic rings. The van der Waals surface area contributed by atoms with Gasteiger partial charge >= 0.3 is 6.09 Å². The second-order valence-electron chi connectivity index (χ2n) is 5.41. The molecule has 0 spiro atoms. The van der Waals surface area contributed by atoms with E-state index in [1.54, 1.807) is 31.3 Å². The Morgan fingerprint density at radius 3 is 2.60 bits per heavy atom. The maximum absolute atomic E-state index is 11.8. The van der Waals surface area contributed by atoms with Gasteiger partial charge in [-0.25, -0.2) is 9.78 Å². The monoisotopic (exact) mass is 338 g/mol. The zero-order chi connectivity index (χ0) is 17.6. The average Bonchev–Trinajstić information content (AvgIpc) is 3.07. The molecule has 7 heteroatoms. The van der Waals surface area contributed by atoms with Crippen molar-refractivity contribution in [1.82, 2.24) is 20.6 Å². The van der Waals surface area contributed by atoms with Crippen molar-refractivity contribution >= 4 is 23.0 Å². The summed E-state index contributed by atoms with van der Waals surface area (Å²) in [5, 5.41) is 5.20. The Balaban J connectivity index is 1.48. The highest BCUT2D eigenvalue weighted by Crippen LogP contribution is 2.10. The molecular weight excluding hydrogens is 320 g/mol. The number of para-hydroxylation sites is 2. The van der Waals surface area contributed by atoms with E-state index in [0.717, 1.165) is 16.6 Å². The summed E-state index contributed by atoms with van der Waals surface area (Å²) in [4.78, 5) is 30.7. The predicted molar refractivity (Wildman–Crippen MR) is 93.0 cm³/mol. The van der Waals surface area contributed by atoms with Crippen molar-refractivity contribution in [2.75, 3.05) is 7.05 Å². The Labute approximate surface area is 144 Å². The highest BCUT2D eigenvalue weighted by molar-refractivity contribution is 5.93. The van der Waals surface area contributed by atoms with Crippen molar-refractivity contribution in [3.63, 3.8) is 0 Å². The molecule has 3 rings (SSSR count). The third kappa shape index (κ3) is 4.14. The number of rotatable bonds is 5. The SMILES string of the molecule is CNC(=O)c1ccc(COC(=O)NCc2nc3ccccc3[nH]2)cc1. The molecule has 2 amide bonds. The Bertz CT molecular complexity index is 854. The standard InChI is InChI=1S/C18H18N4O3/c1-19-17(23)13-8-6-12(7-9-13)11-25-18(24)20-10-16-21-14-4-2-3-5-15(14)22-16/h2-9H,10-11H2,1H3,(H,19,23)(H,20,24)(H,21,22). The number of carbonyl (C=O) groups excluding carboxylic acids is 2. The lowest BCUT2D eigenvalue weighted by atomic mass is 10.1. The molecule has 0 bridgehead atoms. The number of nitrogens with one attached hydrogen (secondary N) is 3. The van der Waals surface area contributed by atoms with Gasteiger partial charge in [0, 0.05) is 12.6 Å². The molecule has 0 aliphatic heterocycles. The minimum absolute atomic E-state index is 0.125. The summed E-state index contributed by atoms with van der Waals surface area (Å²) in [5.41, 5.74) is 3.12. The summed E-state index contributed by atoms with van der Waals surface area (Å²) < 4.78 is 5.16. The van der Waals surface area contributed by atoms with E-state index in [1.807, 2.05) is 24.3 Å². The van der Waals surface area contributed by atoms with Crippen molar-refractivity contribution < 1.29 is 14.3 Å². The van der Waals surface area contributed by atoms with Crippen LogP contribution >= 0.6 is 0 Å². The first-order chi connectivity index (χ1) is 12.2. The van der Waals surface area contributed by atoms with Crippen LogP contribution in [0, 0.1) is 0 Å². The van der Waals surface area contributed by atoms with E-state index in [-0.39, 0.29) is 19.1 Å². The quantitative estimate of drug-likeness (QED) is 0.665. The Morgan fingerprint density at radius 2 is 1.88 bits per heavy atom. The molecule has 1 aromatic heterocycles. The molecule has 0 aliphatic carbocycles. The zero-order valence-electron chi connectivity index (χ0n) is 13.7. The lowest BCUT2D eigenvalue weighted by molar-refractivity contribution is 0.0962. The van der Waals surface area contributed by atoms with Crippen LogP contribution in [0.15, 0.2) is 48.5 Å². The van der Waals surface area contributed by atoms with Crippen LogP contribution in [0.5, 0.6) is 0 Å². The van der Waals surface area contributed by atoms with E-state index >= 15 is 0 Å². The molecule has 0 unspecified atom stereocenters. The third-order valence-corrected chi connectivity index (χ3v) is 3.65. The predicted octanol–water partition coefficient (Wildman–Crippen LogP) is 2.35. The molecule has 0 saturated carbocycles. The summed E-state index contributed by atoms with van der Waals surface area (Å²) in [5.74, 6) is 0.504. The molecule has 0 saturated heterocycles. The summed E-state index contributed by atoms with van der Waals surface area (Å²) in [7, 11) is 1.58. The van der Waals surface area contributed by atoms with E-state index in [1.165, 1.54) is 0 Å². The van der Waals surface area contributed by atoms with Crippen molar-refractivity contribution in [2.45, 2.75) is 13.2 Å². The molecule has 0 aliphatic rings. The maximum Gasteiger partial charge on any atom is 0.407 e. The molecular formula is C18H18N4O3. The lowest BCUT2D eigenvalue weighted by Crippen LogP contribution is -2.24. The zero-order valence-corrected chi connectivity index (χ0v) is 13.7. The topological polar surface area (TPSA) is 96.1 Å². The van der Waals surface area contributed by atoms with E-state index in [2.05, 4.69) is 20.6 Å². The number of nitrogens with zero attached hydrogens (tertiary/aromatic N) is 1. The number of fused-ring (bicyclic) bond motifs is 1. The van der Waals surface area contributed by atoms with Crippen LogP contribution in [0.1, 0.15) is 21.7 Å². The van der Waals surface area contributed by atoms with Gasteiger partial charge in [-0.2, -0.15) is 0 Å². The fourth-order valence-corrected chi connectivity index (χ4v) is 2.34. The summed E-state index contributed by atoms with van der Waals surface area (Å²) in [6.07, 6.45) is -0.532. The highest BCUT2D eigenvalue weighted by atomic mass is 16.5. The van der Waals surface area contributed by atoms with Gasteiger partial charge in [-0.3, -0.25) is 4.79 Å². The van der Waals surface area contributed by atoms with E-state index in [0.29, 0.717) is 11.4 Å². The Morgan fingerprint density at radius 1 is 1.12 bits per heavy atom. The first-order valence-electron chi connectivity index (χ1n) is 7.81. The van der Waals surface area contributed by atoms with Gasteiger partial charge in [0.1, 0.15) is 12.4 Å². The summed E-state index contributed by atoms with van der Waals surface area (Å²) >= 11 is 0. The fraction of sp³-hybridized carbons (Fsp3) is 0.167. The molecule has 0 radical (unpaired) electrons. The van der Waals surface area contributed by atoms with Crippen LogP contribution in [0.2, 0.25) is 0 Å². The first-order valence-corrected chi connectivity index (χ1v) is 7.81. The number of amides is 2. The largest absolute Gasteiger partial charge is 0.445 e. The van der Waals surface area contributed by atoms with Gasteiger partial charge in [-0.15, -0.1) is 0 Å². The van der Waals surface area contributed by atoms with Crippen LogP contribution in [-0.2, 0) is 17.9 Å². The number of ether oxygens (including phenoxy) is 1. The number of alkyl carbamates (subject to hydrolysis) is 1. The van der Waals surface area contributed by atoms with Crippen molar-refractivity contribution in [2.24, 2.45) is 0 Å².